The summed E-state index contributed by atoms with van der Waals surface area (Å²) in [7, 11) is 0. The van der Waals surface area contributed by atoms with E-state index in [0.717, 1.165) is 25.7 Å². The van der Waals surface area contributed by atoms with Crippen LogP contribution in [0.4, 0.5) is 0 Å². The molecule has 0 saturated heterocycles. The summed E-state index contributed by atoms with van der Waals surface area (Å²) < 4.78 is 0. The molecule has 2 aromatic carbocycles. The molecular formula is C58H93N13O12S. The van der Waals surface area contributed by atoms with Crippen molar-refractivity contribution in [1.29, 1.82) is 0 Å². The average Bonchev–Trinajstić information content (AvgIpc) is 3.73. The first kappa shape index (κ1) is 71.4. The highest BCUT2D eigenvalue weighted by atomic mass is 32.1. The number of fused-ring (bicyclic) bond motifs is 1. The number of nitrogens with two attached hydrogens (primary N) is 4. The van der Waals surface area contributed by atoms with Crippen molar-refractivity contribution in [1.82, 2.24) is 47.5 Å². The van der Waals surface area contributed by atoms with Crippen LogP contribution in [0, 0.1) is 5.92 Å². The number of aliphatic carboxylic acids is 1. The van der Waals surface area contributed by atoms with Crippen LogP contribution in [0.2, 0.25) is 0 Å². The molecule has 11 atom stereocenters. The van der Waals surface area contributed by atoms with Crippen LogP contribution in [0.15, 0.2) is 54.7 Å². The summed E-state index contributed by atoms with van der Waals surface area (Å²) in [5, 5.41) is 52.9. The third-order valence-corrected chi connectivity index (χ3v) is 15.0. The molecule has 0 unspecified atom stereocenters. The minimum Gasteiger partial charge on any atom is -0.508 e. The summed E-state index contributed by atoms with van der Waals surface area (Å²) in [6.45, 7) is 7.23. The number of hydrogen-bond donors (Lipinski definition) is 17. The van der Waals surface area contributed by atoms with Crippen molar-refractivity contribution in [2.45, 2.75) is 191 Å². The number of carboxylic acids is 1. The molecule has 26 heteroatoms. The Balaban J connectivity index is 2.06. The second kappa shape index (κ2) is 38.2. The Kier molecular flexibility index (Phi) is 32.5. The lowest BCUT2D eigenvalue weighted by Gasteiger charge is -2.29. The van der Waals surface area contributed by atoms with Crippen LogP contribution in [0.25, 0.3) is 10.9 Å². The topological polar surface area (TPSA) is 430 Å². The fraction of sp³-hybridized carbons (Fsp3) is 0.603. The molecule has 0 bridgehead atoms. The van der Waals surface area contributed by atoms with Gasteiger partial charge in [0.15, 0.2) is 0 Å². The minimum atomic E-state index is -1.73. The highest BCUT2D eigenvalue weighted by Crippen LogP contribution is 2.21. The number of thiol groups is 1. The van der Waals surface area contributed by atoms with Gasteiger partial charge in [-0.1, -0.05) is 89.1 Å². The molecule has 84 heavy (non-hydrogen) atoms. The van der Waals surface area contributed by atoms with Crippen molar-refractivity contribution >= 4 is 76.8 Å². The molecule has 0 aliphatic rings. The maximum absolute atomic E-state index is 15.0. The number of nitrogens with one attached hydrogen (secondary N) is 9. The molecule has 0 spiro atoms. The maximum atomic E-state index is 15.0. The maximum Gasteiger partial charge on any atom is 0.325 e. The van der Waals surface area contributed by atoms with E-state index < -0.39 is 120 Å². The van der Waals surface area contributed by atoms with Crippen molar-refractivity contribution in [3.63, 3.8) is 0 Å². The van der Waals surface area contributed by atoms with Gasteiger partial charge in [-0.3, -0.25) is 43.2 Å². The van der Waals surface area contributed by atoms with E-state index in [1.807, 2.05) is 6.07 Å². The van der Waals surface area contributed by atoms with Crippen LogP contribution in [-0.2, 0) is 56.0 Å². The number of aromatic hydroxyl groups is 1. The zero-order valence-corrected chi connectivity index (χ0v) is 49.9. The Morgan fingerprint density at radius 2 is 0.964 bits per heavy atom. The predicted octanol–water partition coefficient (Wildman–Crippen LogP) is 0.273. The number of aromatic amines is 1. The lowest BCUT2D eigenvalue weighted by atomic mass is 9.97. The Labute approximate surface area is 497 Å². The molecule has 3 aromatic rings. The van der Waals surface area contributed by atoms with Gasteiger partial charge in [0, 0.05) is 35.7 Å². The molecule has 0 radical (unpaired) electrons. The molecule has 25 nitrogen and oxygen atoms in total. The zero-order chi connectivity index (χ0) is 62.3. The van der Waals surface area contributed by atoms with Gasteiger partial charge in [-0.2, -0.15) is 12.6 Å². The molecule has 8 amide bonds. The van der Waals surface area contributed by atoms with E-state index in [2.05, 4.69) is 60.1 Å². The Morgan fingerprint density at radius 1 is 0.536 bits per heavy atom. The first-order valence-corrected chi connectivity index (χ1v) is 29.9. The fourth-order valence-corrected chi connectivity index (χ4v) is 9.38. The van der Waals surface area contributed by atoms with Crippen LogP contribution >= 0.6 is 12.6 Å². The van der Waals surface area contributed by atoms with Crippen molar-refractivity contribution in [2.24, 2.45) is 28.9 Å². The van der Waals surface area contributed by atoms with E-state index in [4.69, 9.17) is 22.9 Å². The van der Waals surface area contributed by atoms with Crippen LogP contribution in [0.5, 0.6) is 5.75 Å². The normalized spacial score (nSPS) is 15.3. The second-order valence-corrected chi connectivity index (χ2v) is 21.8. The summed E-state index contributed by atoms with van der Waals surface area (Å²) in [5.41, 5.74) is 24.9. The van der Waals surface area contributed by atoms with Crippen molar-refractivity contribution < 1.29 is 58.5 Å². The third-order valence-electron chi connectivity index (χ3n) is 14.6. The molecule has 0 fully saturated rings. The molecule has 1 aromatic heterocycles. The van der Waals surface area contributed by atoms with E-state index in [9.17, 15) is 58.5 Å². The molecule has 20 N–H and O–H groups in total. The molecule has 1 heterocycles. The highest BCUT2D eigenvalue weighted by molar-refractivity contribution is 7.80. The number of amides is 8. The quantitative estimate of drug-likeness (QED) is 0.0268. The van der Waals surface area contributed by atoms with Crippen LogP contribution < -0.4 is 65.5 Å². The van der Waals surface area contributed by atoms with Gasteiger partial charge >= 0.3 is 5.97 Å². The Bertz CT molecular complexity index is 2570. The van der Waals surface area contributed by atoms with E-state index in [1.54, 1.807) is 38.2 Å². The van der Waals surface area contributed by atoms with E-state index in [1.165, 1.54) is 38.1 Å². The van der Waals surface area contributed by atoms with Gasteiger partial charge in [-0.15, -0.1) is 0 Å². The number of para-hydroxylation sites is 1. The Hall–Kier alpha value is -6.84. The van der Waals surface area contributed by atoms with E-state index in [-0.39, 0.29) is 50.2 Å². The number of rotatable bonds is 41. The van der Waals surface area contributed by atoms with Gasteiger partial charge < -0.3 is 85.8 Å². The van der Waals surface area contributed by atoms with Gasteiger partial charge in [0.25, 0.3) is 0 Å². The van der Waals surface area contributed by atoms with Gasteiger partial charge in [0.05, 0.1) is 12.1 Å². The number of carbonyl (C=O) groups excluding carboxylic acids is 8. The number of aliphatic hydroxyl groups excluding tert-OH is 1. The van der Waals surface area contributed by atoms with Gasteiger partial charge in [-0.05, 0) is 114 Å². The number of H-pyrrole nitrogens is 1. The summed E-state index contributed by atoms with van der Waals surface area (Å²) in [6, 6.07) is 1.11. The fourth-order valence-electron chi connectivity index (χ4n) is 9.22. The van der Waals surface area contributed by atoms with Gasteiger partial charge in [0.2, 0.25) is 47.3 Å². The molecule has 0 aliphatic carbocycles. The SMILES string of the molecule is CC[C@H](C)[C@H](NC(=O)[C@H](CCCCN)NC(=O)[C@H](Cc1ccc(O)cc1)NC(=O)[C@H](Cc1c[nH]c2ccccc12)NC(=O)[C@@H](NC(=O)[C@H](CCCCCCN)NC(=O)[C@H](CCCCCCN)NC(=O)[C@@H](N)CS)[C@@H](C)O)C(=O)N[C@@H](C)C(=O)O. The summed E-state index contributed by atoms with van der Waals surface area (Å²) >= 11 is 4.12. The summed E-state index contributed by atoms with van der Waals surface area (Å²) in [4.78, 5) is 128. The largest absolute Gasteiger partial charge is 0.508 e. The molecule has 468 valence electrons. The van der Waals surface area contributed by atoms with E-state index >= 15 is 0 Å². The first-order chi connectivity index (χ1) is 40.1. The first-order valence-electron chi connectivity index (χ1n) is 29.2. The standard InChI is InChI=1S/C58H93N13O12S/c1-5-34(2)48(56(80)64-35(3)58(82)83)70-52(76)45(22-14-17-29-61)67-54(78)46(30-37-23-25-39(73)26-24-37)68-55(79)47(31-38-32-63-42-19-13-12-18-40(38)42)69-57(81)49(36(4)72)71-53(77)44(21-11-7-9-16-28-60)66-51(75)43(20-10-6-8-15-27-59)65-50(74)41(62)33-84/h12-13,18-19,23-26,32,34-36,41,43-49,63,72-73,84H,5-11,14-17,20-22,27-31,33,59-62H2,1-4H3,(H,64,80)(H,65,74)(H,66,75)(H,67,78)(H,68,79)(H,69,81)(H,70,76)(H,71,77)(H,82,83)/t34-,35-,36+,41-,43-,44-,45-,46-,47-,48-,49-/m0/s1. The smallest absolute Gasteiger partial charge is 0.325 e. The lowest BCUT2D eigenvalue weighted by molar-refractivity contribution is -0.142. The van der Waals surface area contributed by atoms with Crippen molar-refractivity contribution in [3.8, 4) is 5.75 Å². The number of benzene rings is 2. The van der Waals surface area contributed by atoms with Gasteiger partial charge in [0.1, 0.15) is 54.1 Å². The van der Waals surface area contributed by atoms with Crippen LogP contribution in [0.1, 0.15) is 129 Å². The number of phenols is 1. The number of unbranched alkanes of at least 4 members (excludes halogenated alkanes) is 7. The number of aliphatic hydroxyl groups is 1. The monoisotopic (exact) mass is 1200 g/mol. The average molecular weight is 1200 g/mol. The van der Waals surface area contributed by atoms with Crippen LogP contribution in [0.3, 0.4) is 0 Å². The predicted molar refractivity (Wildman–Crippen MR) is 323 cm³/mol. The number of phenolic OH excluding ortho intramolecular Hbond substituents is 1. The second-order valence-electron chi connectivity index (χ2n) is 21.5. The molecule has 0 saturated carbocycles. The number of carbonyl (C=O) groups is 9. The number of hydrogen-bond acceptors (Lipinski definition) is 16. The molecular weight excluding hydrogens is 1100 g/mol. The number of carboxylic acid groups (broad SMARTS) is 1. The highest BCUT2D eigenvalue weighted by Gasteiger charge is 2.37. The summed E-state index contributed by atoms with van der Waals surface area (Å²) in [6.07, 6.45) is 6.57. The minimum absolute atomic E-state index is 0.00649. The lowest BCUT2D eigenvalue weighted by Crippen LogP contribution is -2.62. The third kappa shape index (κ3) is 24.4. The zero-order valence-electron chi connectivity index (χ0n) is 49.0. The van der Waals surface area contributed by atoms with E-state index in [0.29, 0.717) is 80.1 Å². The molecule has 3 rings (SSSR count). The van der Waals surface area contributed by atoms with Crippen molar-refractivity contribution in [3.05, 3.63) is 65.9 Å². The number of aromatic nitrogens is 1. The van der Waals surface area contributed by atoms with Crippen LogP contribution in [-0.4, -0.2) is 159 Å². The van der Waals surface area contributed by atoms with Gasteiger partial charge in [-0.25, -0.2) is 0 Å². The summed E-state index contributed by atoms with van der Waals surface area (Å²) in [5.74, 6) is -8.26. The van der Waals surface area contributed by atoms with Crippen molar-refractivity contribution in [2.75, 3.05) is 25.4 Å². The molecule has 0 aliphatic heterocycles. The Morgan fingerprint density at radius 3 is 1.48 bits per heavy atom.